The summed E-state index contributed by atoms with van der Waals surface area (Å²) in [4.78, 5) is 7.85. The summed E-state index contributed by atoms with van der Waals surface area (Å²) in [5.74, 6) is 0.606. The van der Waals surface area contributed by atoms with Gasteiger partial charge in [-0.2, -0.15) is 13.2 Å². The largest absolute Gasteiger partial charge is 0.434 e. The first-order valence-electron chi connectivity index (χ1n) is 6.70. The summed E-state index contributed by atoms with van der Waals surface area (Å²) in [6, 6.07) is 0.296. The van der Waals surface area contributed by atoms with Gasteiger partial charge in [-0.25, -0.2) is 9.98 Å². The maximum absolute atomic E-state index is 12.5. The number of rotatable bonds is 4. The summed E-state index contributed by atoms with van der Waals surface area (Å²) in [6.07, 6.45) is 1.66. The van der Waals surface area contributed by atoms with Crippen LogP contribution in [0.2, 0.25) is 0 Å². The van der Waals surface area contributed by atoms with E-state index in [0.717, 1.165) is 29.6 Å². The van der Waals surface area contributed by atoms with Crippen LogP contribution < -0.4 is 10.6 Å². The Bertz CT molecular complexity index is 520. The Kier molecular flexibility index (Phi) is 7.60. The molecule has 1 aliphatic carbocycles. The lowest BCUT2D eigenvalue weighted by atomic mass is 10.2. The first kappa shape index (κ1) is 19.2. The predicted octanol–water partition coefficient (Wildman–Crippen LogP) is 3.55. The molecule has 0 spiro atoms. The van der Waals surface area contributed by atoms with Crippen molar-refractivity contribution in [1.82, 2.24) is 15.6 Å². The van der Waals surface area contributed by atoms with Crippen molar-refractivity contribution >= 4 is 41.3 Å². The summed E-state index contributed by atoms with van der Waals surface area (Å²) >= 11 is 0.973. The summed E-state index contributed by atoms with van der Waals surface area (Å²) in [5.41, 5.74) is -0.851. The van der Waals surface area contributed by atoms with Gasteiger partial charge in [0, 0.05) is 18.0 Å². The molecule has 124 valence electrons. The van der Waals surface area contributed by atoms with Gasteiger partial charge in [0.15, 0.2) is 11.7 Å². The highest BCUT2D eigenvalue weighted by Gasteiger charge is 2.33. The van der Waals surface area contributed by atoms with Gasteiger partial charge in [0.25, 0.3) is 0 Å². The van der Waals surface area contributed by atoms with E-state index in [1.807, 2.05) is 6.92 Å². The third-order valence-electron chi connectivity index (χ3n) is 2.91. The number of alkyl halides is 3. The fourth-order valence-electron chi connectivity index (χ4n) is 1.91. The third-order valence-corrected chi connectivity index (χ3v) is 3.74. The molecule has 0 unspecified atom stereocenters. The molecule has 4 nitrogen and oxygen atoms in total. The number of aromatic nitrogens is 1. The first-order chi connectivity index (χ1) is 9.99. The molecule has 1 aliphatic rings. The highest BCUT2D eigenvalue weighted by atomic mass is 127. The van der Waals surface area contributed by atoms with Crippen molar-refractivity contribution in [1.29, 1.82) is 0 Å². The van der Waals surface area contributed by atoms with E-state index in [1.165, 1.54) is 0 Å². The molecular formula is C13H18F3IN4S. The molecule has 0 aliphatic heterocycles. The number of thiazole rings is 1. The van der Waals surface area contributed by atoms with Gasteiger partial charge in [-0.15, -0.1) is 35.3 Å². The minimum absolute atomic E-state index is 0. The number of halogens is 4. The second-order valence-corrected chi connectivity index (χ2v) is 5.55. The molecule has 0 saturated carbocycles. The zero-order chi connectivity index (χ0) is 15.3. The average Bonchev–Trinajstić information content (AvgIpc) is 3.06. The van der Waals surface area contributed by atoms with Crippen molar-refractivity contribution in [3.8, 4) is 0 Å². The van der Waals surface area contributed by atoms with Crippen LogP contribution in [0.5, 0.6) is 0 Å². The molecule has 9 heteroatoms. The van der Waals surface area contributed by atoms with Gasteiger partial charge in [-0.05, 0) is 19.8 Å². The minimum Gasteiger partial charge on any atom is -0.357 e. The number of nitrogens with zero attached hydrogens (tertiary/aromatic N) is 2. The number of guanidine groups is 1. The Hall–Kier alpha value is -0.840. The summed E-state index contributed by atoms with van der Waals surface area (Å²) < 4.78 is 37.4. The second kappa shape index (κ2) is 8.70. The van der Waals surface area contributed by atoms with Gasteiger partial charge in [-0.1, -0.05) is 12.2 Å². The van der Waals surface area contributed by atoms with E-state index in [1.54, 1.807) is 0 Å². The lowest BCUT2D eigenvalue weighted by Crippen LogP contribution is -2.42. The standard InChI is InChI=1S/C13H17F3N4S.HI/c1-2-17-12(19-9-5-3-4-6-9)18-7-11-20-10(8-21-11)13(14,15)16;/h3-4,8-9H,2,5-7H2,1H3,(H2,17,18,19);1H. The number of aliphatic imine (C=N–C) groups is 1. The van der Waals surface area contributed by atoms with E-state index >= 15 is 0 Å². The van der Waals surface area contributed by atoms with Gasteiger partial charge in [0.05, 0.1) is 6.54 Å². The molecule has 0 saturated heterocycles. The lowest BCUT2D eigenvalue weighted by Gasteiger charge is -2.16. The zero-order valence-corrected chi connectivity index (χ0v) is 15.1. The van der Waals surface area contributed by atoms with Crippen LogP contribution in [-0.4, -0.2) is 23.5 Å². The van der Waals surface area contributed by atoms with Gasteiger partial charge < -0.3 is 10.6 Å². The van der Waals surface area contributed by atoms with Crippen LogP contribution in [0.1, 0.15) is 30.5 Å². The maximum Gasteiger partial charge on any atom is 0.434 e. The third kappa shape index (κ3) is 5.75. The fourth-order valence-corrected chi connectivity index (χ4v) is 2.63. The highest BCUT2D eigenvalue weighted by molar-refractivity contribution is 14.0. The number of hydrogen-bond acceptors (Lipinski definition) is 3. The van der Waals surface area contributed by atoms with Crippen molar-refractivity contribution in [2.24, 2.45) is 4.99 Å². The van der Waals surface area contributed by atoms with Gasteiger partial charge in [-0.3, -0.25) is 0 Å². The highest BCUT2D eigenvalue weighted by Crippen LogP contribution is 2.30. The van der Waals surface area contributed by atoms with Crippen molar-refractivity contribution < 1.29 is 13.2 Å². The first-order valence-corrected chi connectivity index (χ1v) is 7.58. The second-order valence-electron chi connectivity index (χ2n) is 4.60. The Balaban J connectivity index is 0.00000242. The molecule has 2 rings (SSSR count). The van der Waals surface area contributed by atoms with Crippen LogP contribution in [0.4, 0.5) is 13.2 Å². The van der Waals surface area contributed by atoms with E-state index in [4.69, 9.17) is 0 Å². The maximum atomic E-state index is 12.5. The van der Waals surface area contributed by atoms with Crippen LogP contribution in [0.25, 0.3) is 0 Å². The molecule has 0 atom stereocenters. The molecule has 0 aromatic carbocycles. The van der Waals surface area contributed by atoms with Gasteiger partial charge in [0.1, 0.15) is 5.01 Å². The summed E-state index contributed by atoms with van der Waals surface area (Å²) in [5, 5.41) is 7.71. The fraction of sp³-hybridized carbons (Fsp3) is 0.538. The summed E-state index contributed by atoms with van der Waals surface area (Å²) in [6.45, 7) is 2.77. The molecule has 2 N–H and O–H groups in total. The van der Waals surface area contributed by atoms with E-state index in [9.17, 15) is 13.2 Å². The molecule has 1 aromatic rings. The Morgan fingerprint density at radius 1 is 1.41 bits per heavy atom. The van der Waals surface area contributed by atoms with Gasteiger partial charge >= 0.3 is 6.18 Å². The number of nitrogens with one attached hydrogen (secondary N) is 2. The monoisotopic (exact) mass is 446 g/mol. The SMILES string of the molecule is CCNC(=NCc1nc(C(F)(F)F)cs1)NC1CC=CC1.I. The smallest absolute Gasteiger partial charge is 0.357 e. The molecule has 1 heterocycles. The van der Waals surface area contributed by atoms with Crippen molar-refractivity contribution in [2.45, 2.75) is 38.5 Å². The predicted molar refractivity (Wildman–Crippen MR) is 92.6 cm³/mol. The van der Waals surface area contributed by atoms with Gasteiger partial charge in [0.2, 0.25) is 0 Å². The van der Waals surface area contributed by atoms with E-state index in [2.05, 4.69) is 32.8 Å². The molecule has 0 bridgehead atoms. The van der Waals surface area contributed by atoms with E-state index in [0.29, 0.717) is 23.6 Å². The Morgan fingerprint density at radius 2 is 2.09 bits per heavy atom. The van der Waals surface area contributed by atoms with Crippen molar-refractivity contribution in [3.05, 3.63) is 28.2 Å². The number of hydrogen-bond donors (Lipinski definition) is 2. The quantitative estimate of drug-likeness (QED) is 0.322. The van der Waals surface area contributed by atoms with Crippen molar-refractivity contribution in [3.63, 3.8) is 0 Å². The van der Waals surface area contributed by atoms with Crippen molar-refractivity contribution in [2.75, 3.05) is 6.54 Å². The Labute approximate surface area is 148 Å². The van der Waals surface area contributed by atoms with E-state index in [-0.39, 0.29) is 30.5 Å². The molecular weight excluding hydrogens is 428 g/mol. The normalized spacial score (nSPS) is 15.7. The Morgan fingerprint density at radius 3 is 2.64 bits per heavy atom. The topological polar surface area (TPSA) is 49.3 Å². The zero-order valence-electron chi connectivity index (χ0n) is 12.0. The van der Waals surface area contributed by atoms with E-state index < -0.39 is 11.9 Å². The molecule has 22 heavy (non-hydrogen) atoms. The summed E-state index contributed by atoms with van der Waals surface area (Å²) in [7, 11) is 0. The molecule has 1 aromatic heterocycles. The molecule has 0 amide bonds. The van der Waals surface area contributed by atoms with Crippen LogP contribution in [-0.2, 0) is 12.7 Å². The minimum atomic E-state index is -4.39. The van der Waals surface area contributed by atoms with Crippen LogP contribution >= 0.6 is 35.3 Å². The molecule has 0 fully saturated rings. The lowest BCUT2D eigenvalue weighted by molar-refractivity contribution is -0.140. The average molecular weight is 446 g/mol. The molecule has 0 radical (unpaired) electrons. The van der Waals surface area contributed by atoms with Crippen LogP contribution in [0, 0.1) is 0 Å². The van der Waals surface area contributed by atoms with Crippen LogP contribution in [0.3, 0.4) is 0 Å². The van der Waals surface area contributed by atoms with Crippen LogP contribution in [0.15, 0.2) is 22.5 Å².